The zero-order chi connectivity index (χ0) is 21.6. The molecule has 0 saturated carbocycles. The molecule has 0 bridgehead atoms. The Bertz CT molecular complexity index is 1160. The summed E-state index contributed by atoms with van der Waals surface area (Å²) in [5, 5.41) is 5.36. The van der Waals surface area contributed by atoms with Crippen LogP contribution in [0.2, 0.25) is 0 Å². The lowest BCUT2D eigenvalue weighted by Crippen LogP contribution is -2.25. The van der Waals surface area contributed by atoms with Crippen LogP contribution in [-0.4, -0.2) is 27.4 Å². The number of nitrogens with one attached hydrogen (secondary N) is 1. The highest BCUT2D eigenvalue weighted by Gasteiger charge is 2.12. The number of thiazole rings is 1. The summed E-state index contributed by atoms with van der Waals surface area (Å²) in [4.78, 5) is 25.4. The van der Waals surface area contributed by atoms with Crippen LogP contribution in [0.15, 0.2) is 66.4 Å². The third-order valence-electron chi connectivity index (χ3n) is 4.70. The summed E-state index contributed by atoms with van der Waals surface area (Å²) in [6.07, 6.45) is 5.91. The molecule has 0 aliphatic carbocycles. The monoisotopic (exact) mass is 430 g/mol. The first-order valence-electron chi connectivity index (χ1n) is 9.92. The Kier molecular flexibility index (Phi) is 6.33. The highest BCUT2D eigenvalue weighted by atomic mass is 32.1. The molecule has 0 radical (unpaired) electrons. The highest BCUT2D eigenvalue weighted by molar-refractivity contribution is 7.11. The van der Waals surface area contributed by atoms with Crippen LogP contribution in [0.3, 0.4) is 0 Å². The third-order valence-corrected chi connectivity index (χ3v) is 5.35. The molecule has 6 nitrogen and oxygen atoms in total. The van der Waals surface area contributed by atoms with Gasteiger partial charge in [-0.25, -0.2) is 15.0 Å². The van der Waals surface area contributed by atoms with Crippen LogP contribution in [0.25, 0.3) is 11.1 Å². The smallest absolute Gasteiger partial charge is 0.278 e. The summed E-state index contributed by atoms with van der Waals surface area (Å²) in [6, 6.07) is 13.7. The van der Waals surface area contributed by atoms with Crippen molar-refractivity contribution in [2.24, 2.45) is 0 Å². The second-order valence-corrected chi connectivity index (χ2v) is 8.01. The van der Waals surface area contributed by atoms with E-state index in [1.165, 1.54) is 16.9 Å². The molecular formula is C24H22N4O2S. The number of ether oxygens (including phenoxy) is 1. The van der Waals surface area contributed by atoms with E-state index in [0.29, 0.717) is 29.5 Å². The van der Waals surface area contributed by atoms with Crippen LogP contribution in [-0.2, 0) is 6.42 Å². The lowest BCUT2D eigenvalue weighted by atomic mass is 10.0. The molecule has 0 unspecified atom stereocenters. The van der Waals surface area contributed by atoms with Gasteiger partial charge >= 0.3 is 0 Å². The van der Waals surface area contributed by atoms with Crippen LogP contribution >= 0.6 is 11.3 Å². The van der Waals surface area contributed by atoms with E-state index in [-0.39, 0.29) is 5.91 Å². The molecular weight excluding hydrogens is 408 g/mol. The van der Waals surface area contributed by atoms with Gasteiger partial charge in [0.15, 0.2) is 0 Å². The lowest BCUT2D eigenvalue weighted by molar-refractivity contribution is 0.0954. The molecule has 156 valence electrons. The van der Waals surface area contributed by atoms with Crippen molar-refractivity contribution in [3.63, 3.8) is 0 Å². The van der Waals surface area contributed by atoms with E-state index in [0.717, 1.165) is 22.5 Å². The number of carbonyl (C=O) groups is 1. The second-order valence-electron chi connectivity index (χ2n) is 7.16. The van der Waals surface area contributed by atoms with Crippen LogP contribution in [0.1, 0.15) is 27.3 Å². The average molecular weight is 431 g/mol. The first kappa shape index (κ1) is 20.7. The van der Waals surface area contributed by atoms with Gasteiger partial charge in [-0.15, -0.1) is 0 Å². The van der Waals surface area contributed by atoms with Crippen LogP contribution in [0.5, 0.6) is 10.9 Å². The Labute approximate surface area is 185 Å². The van der Waals surface area contributed by atoms with Gasteiger partial charge in [-0.2, -0.15) is 0 Å². The SMILES string of the molecule is Cc1ccc(-c2cc(Oc3nccs3)cc(C(=O)NCCc3cnc(C)nc3)c2)cc1. The predicted octanol–water partition coefficient (Wildman–Crippen LogP) is 4.98. The van der Waals surface area contributed by atoms with Gasteiger partial charge in [-0.3, -0.25) is 4.79 Å². The van der Waals surface area contributed by atoms with Gasteiger partial charge in [0.25, 0.3) is 11.1 Å². The largest absolute Gasteiger partial charge is 0.431 e. The van der Waals surface area contributed by atoms with Gasteiger partial charge in [0, 0.05) is 36.1 Å². The van der Waals surface area contributed by atoms with Gasteiger partial charge in [-0.05, 0) is 55.2 Å². The van der Waals surface area contributed by atoms with Gasteiger partial charge in [0.05, 0.1) is 0 Å². The van der Waals surface area contributed by atoms with E-state index in [2.05, 4.69) is 20.3 Å². The number of benzene rings is 2. The molecule has 1 amide bonds. The van der Waals surface area contributed by atoms with Crippen molar-refractivity contribution in [1.82, 2.24) is 20.3 Å². The molecule has 31 heavy (non-hydrogen) atoms. The topological polar surface area (TPSA) is 77.0 Å². The second kappa shape index (κ2) is 9.49. The zero-order valence-corrected chi connectivity index (χ0v) is 18.1. The van der Waals surface area contributed by atoms with E-state index in [4.69, 9.17) is 4.74 Å². The van der Waals surface area contributed by atoms with Crippen LogP contribution in [0.4, 0.5) is 0 Å². The number of aryl methyl sites for hydroxylation is 2. The Balaban J connectivity index is 1.54. The fourth-order valence-corrected chi connectivity index (χ4v) is 3.54. The molecule has 4 aromatic rings. The van der Waals surface area contributed by atoms with Crippen molar-refractivity contribution >= 4 is 17.2 Å². The molecule has 2 heterocycles. The maximum Gasteiger partial charge on any atom is 0.278 e. The average Bonchev–Trinajstić information content (AvgIpc) is 3.28. The standard InChI is InChI=1S/C24H22N4O2S/c1-16-3-5-19(6-4-16)20-11-21(13-22(12-20)30-24-26-9-10-31-24)23(29)25-8-7-18-14-27-17(2)28-15-18/h3-6,9-15H,7-8H2,1-2H3,(H,25,29). The molecule has 2 aromatic carbocycles. The molecule has 4 rings (SSSR count). The zero-order valence-electron chi connectivity index (χ0n) is 17.3. The Hall–Kier alpha value is -3.58. The highest BCUT2D eigenvalue weighted by Crippen LogP contribution is 2.30. The summed E-state index contributed by atoms with van der Waals surface area (Å²) >= 11 is 1.40. The number of carbonyl (C=O) groups excluding carboxylic acids is 1. The summed E-state index contributed by atoms with van der Waals surface area (Å²) in [5.41, 5.74) is 4.61. The van der Waals surface area contributed by atoms with E-state index < -0.39 is 0 Å². The Morgan fingerprint density at radius 2 is 1.77 bits per heavy atom. The van der Waals surface area contributed by atoms with Crippen molar-refractivity contribution in [3.05, 3.63) is 88.9 Å². The first-order valence-corrected chi connectivity index (χ1v) is 10.8. The van der Waals surface area contributed by atoms with E-state index in [1.54, 1.807) is 24.7 Å². The molecule has 0 spiro atoms. The minimum absolute atomic E-state index is 0.161. The molecule has 0 atom stereocenters. The predicted molar refractivity (Wildman–Crippen MR) is 122 cm³/mol. The lowest BCUT2D eigenvalue weighted by Gasteiger charge is -2.11. The summed E-state index contributed by atoms with van der Waals surface area (Å²) in [6.45, 7) is 4.38. The normalized spacial score (nSPS) is 10.6. The fraction of sp³-hybridized carbons (Fsp3) is 0.167. The van der Waals surface area contributed by atoms with Crippen molar-refractivity contribution < 1.29 is 9.53 Å². The van der Waals surface area contributed by atoms with Crippen molar-refractivity contribution in [1.29, 1.82) is 0 Å². The number of hydrogen-bond acceptors (Lipinski definition) is 6. The van der Waals surface area contributed by atoms with Gasteiger partial charge in [-0.1, -0.05) is 41.2 Å². The molecule has 0 saturated heterocycles. The number of nitrogens with zero attached hydrogens (tertiary/aromatic N) is 3. The van der Waals surface area contributed by atoms with E-state index in [1.807, 2.05) is 55.6 Å². The summed E-state index contributed by atoms with van der Waals surface area (Å²) < 4.78 is 5.89. The van der Waals surface area contributed by atoms with Gasteiger partial charge < -0.3 is 10.1 Å². The third kappa shape index (κ3) is 5.52. The van der Waals surface area contributed by atoms with Crippen molar-refractivity contribution in [2.75, 3.05) is 6.54 Å². The van der Waals surface area contributed by atoms with Crippen LogP contribution in [0, 0.1) is 13.8 Å². The van der Waals surface area contributed by atoms with Gasteiger partial charge in [0.1, 0.15) is 11.6 Å². The number of aromatic nitrogens is 3. The molecule has 0 aliphatic rings. The molecule has 0 fully saturated rings. The minimum Gasteiger partial charge on any atom is -0.431 e. The summed E-state index contributed by atoms with van der Waals surface area (Å²) in [7, 11) is 0. The van der Waals surface area contributed by atoms with E-state index in [9.17, 15) is 4.79 Å². The fourth-order valence-electron chi connectivity index (χ4n) is 3.03. The molecule has 7 heteroatoms. The maximum atomic E-state index is 12.9. The molecule has 0 aliphatic heterocycles. The first-order chi connectivity index (χ1) is 15.1. The van der Waals surface area contributed by atoms with Gasteiger partial charge in [0.2, 0.25) is 0 Å². The van der Waals surface area contributed by atoms with E-state index >= 15 is 0 Å². The maximum absolute atomic E-state index is 12.9. The van der Waals surface area contributed by atoms with Crippen molar-refractivity contribution in [3.8, 4) is 22.1 Å². The molecule has 1 N–H and O–H groups in total. The minimum atomic E-state index is -0.161. The number of hydrogen-bond donors (Lipinski definition) is 1. The quantitative estimate of drug-likeness (QED) is 0.447. The number of rotatable bonds is 7. The van der Waals surface area contributed by atoms with Crippen molar-refractivity contribution in [2.45, 2.75) is 20.3 Å². The number of amides is 1. The van der Waals surface area contributed by atoms with Crippen LogP contribution < -0.4 is 10.1 Å². The Morgan fingerprint density at radius 1 is 1.00 bits per heavy atom. The summed E-state index contributed by atoms with van der Waals surface area (Å²) in [5.74, 6) is 1.14. The molecule has 2 aromatic heterocycles. The Morgan fingerprint density at radius 3 is 2.48 bits per heavy atom.